The highest BCUT2D eigenvalue weighted by Crippen LogP contribution is 2.34. The summed E-state index contributed by atoms with van der Waals surface area (Å²) in [6.45, 7) is 0. The Kier molecular flexibility index (Phi) is 5.95. The fourth-order valence-corrected chi connectivity index (χ4v) is 4.22. The Balaban J connectivity index is 1.49. The minimum absolute atomic E-state index is 0.125. The molecule has 2 amide bonds. The molecule has 1 saturated carbocycles. The van der Waals surface area contributed by atoms with Gasteiger partial charge in [-0.15, -0.1) is 0 Å². The van der Waals surface area contributed by atoms with E-state index in [1.54, 1.807) is 48.2 Å². The molecular formula is C26H22F3N5O2. The number of halogens is 3. The third-order valence-electron chi connectivity index (χ3n) is 6.43. The fourth-order valence-electron chi connectivity index (χ4n) is 4.22. The van der Waals surface area contributed by atoms with Gasteiger partial charge in [0.05, 0.1) is 17.3 Å². The summed E-state index contributed by atoms with van der Waals surface area (Å²) in [5, 5.41) is 6.94. The van der Waals surface area contributed by atoms with Crippen molar-refractivity contribution in [3.63, 3.8) is 0 Å². The summed E-state index contributed by atoms with van der Waals surface area (Å²) in [5.41, 5.74) is 2.31. The maximum Gasteiger partial charge on any atom is 0.417 e. The van der Waals surface area contributed by atoms with Crippen molar-refractivity contribution < 1.29 is 22.8 Å². The molecule has 1 N–H and O–H groups in total. The van der Waals surface area contributed by atoms with Crippen LogP contribution < -0.4 is 10.2 Å². The van der Waals surface area contributed by atoms with E-state index in [1.165, 1.54) is 11.0 Å². The number of anilines is 1. The summed E-state index contributed by atoms with van der Waals surface area (Å²) in [7, 11) is 1.56. The summed E-state index contributed by atoms with van der Waals surface area (Å²) in [6.07, 6.45) is 2.06. The van der Waals surface area contributed by atoms with Crippen LogP contribution in [0.3, 0.4) is 0 Å². The van der Waals surface area contributed by atoms with Crippen LogP contribution >= 0.6 is 0 Å². The van der Waals surface area contributed by atoms with Crippen LogP contribution in [0, 0.1) is 0 Å². The predicted octanol–water partition coefficient (Wildman–Crippen LogP) is 4.97. The third kappa shape index (κ3) is 4.30. The molecule has 1 aliphatic carbocycles. The van der Waals surface area contributed by atoms with E-state index in [4.69, 9.17) is 0 Å². The van der Waals surface area contributed by atoms with Crippen molar-refractivity contribution >= 4 is 23.1 Å². The van der Waals surface area contributed by atoms with Crippen LogP contribution in [0.5, 0.6) is 0 Å². The number of pyridine rings is 2. The summed E-state index contributed by atoms with van der Waals surface area (Å²) < 4.78 is 40.7. The smallest absolute Gasteiger partial charge is 0.355 e. The molecule has 36 heavy (non-hydrogen) atoms. The van der Waals surface area contributed by atoms with E-state index >= 15 is 0 Å². The lowest BCUT2D eigenvalue weighted by molar-refractivity contribution is -0.137. The van der Waals surface area contributed by atoms with Crippen molar-refractivity contribution in [3.8, 4) is 11.1 Å². The molecule has 0 unspecified atom stereocenters. The minimum atomic E-state index is -4.50. The minimum Gasteiger partial charge on any atom is -0.355 e. The predicted molar refractivity (Wildman–Crippen MR) is 128 cm³/mol. The van der Waals surface area contributed by atoms with E-state index in [2.05, 4.69) is 15.4 Å². The first-order valence-corrected chi connectivity index (χ1v) is 11.4. The summed E-state index contributed by atoms with van der Waals surface area (Å²) in [6, 6.07) is 12.5. The Labute approximate surface area is 204 Å². The maximum atomic E-state index is 13.6. The molecule has 184 valence electrons. The molecule has 1 aromatic carbocycles. The van der Waals surface area contributed by atoms with E-state index in [9.17, 15) is 22.8 Å². The number of benzene rings is 1. The lowest BCUT2D eigenvalue weighted by Crippen LogP contribution is -2.45. The van der Waals surface area contributed by atoms with E-state index in [0.29, 0.717) is 16.6 Å². The van der Waals surface area contributed by atoms with Gasteiger partial charge in [0.2, 0.25) is 0 Å². The summed E-state index contributed by atoms with van der Waals surface area (Å²) >= 11 is 0. The molecule has 0 bridgehead atoms. The number of carbonyl (C=O) groups is 2. The van der Waals surface area contributed by atoms with Crippen molar-refractivity contribution in [2.45, 2.75) is 31.5 Å². The highest BCUT2D eigenvalue weighted by atomic mass is 19.4. The van der Waals surface area contributed by atoms with Crippen LogP contribution in [0.25, 0.3) is 16.6 Å². The molecule has 0 atom stereocenters. The Bertz CT molecular complexity index is 1420. The van der Waals surface area contributed by atoms with Gasteiger partial charge < -0.3 is 5.32 Å². The van der Waals surface area contributed by atoms with E-state index in [-0.39, 0.29) is 23.7 Å². The Morgan fingerprint density at radius 3 is 2.36 bits per heavy atom. The van der Waals surface area contributed by atoms with Gasteiger partial charge in [-0.1, -0.05) is 12.1 Å². The number of hydrogen-bond acceptors (Lipinski definition) is 4. The number of rotatable bonds is 5. The Morgan fingerprint density at radius 2 is 1.78 bits per heavy atom. The van der Waals surface area contributed by atoms with Gasteiger partial charge in [0.25, 0.3) is 11.8 Å². The Morgan fingerprint density at radius 1 is 1.03 bits per heavy atom. The molecule has 3 heterocycles. The highest BCUT2D eigenvalue weighted by Gasteiger charge is 2.34. The SMILES string of the molecule is CNC(=O)c1ccc(-c2cnn3ccc(C(=O)N(c4ccc(C(F)(F)F)cn4)C4CCC4)cc23)cc1. The van der Waals surface area contributed by atoms with Gasteiger partial charge in [-0.05, 0) is 61.2 Å². The molecule has 1 aliphatic rings. The molecule has 3 aromatic heterocycles. The molecule has 0 saturated heterocycles. The van der Waals surface area contributed by atoms with E-state index in [1.807, 2.05) is 12.1 Å². The lowest BCUT2D eigenvalue weighted by Gasteiger charge is -2.37. The molecule has 10 heteroatoms. The quantitative estimate of drug-likeness (QED) is 0.426. The fraction of sp³-hybridized carbons (Fsp3) is 0.231. The van der Waals surface area contributed by atoms with Crippen molar-refractivity contribution in [2.75, 3.05) is 11.9 Å². The molecule has 4 aromatic rings. The molecule has 7 nitrogen and oxygen atoms in total. The number of aromatic nitrogens is 3. The van der Waals surface area contributed by atoms with Crippen molar-refractivity contribution in [3.05, 3.63) is 83.8 Å². The van der Waals surface area contributed by atoms with Gasteiger partial charge in [-0.25, -0.2) is 9.50 Å². The molecule has 0 aliphatic heterocycles. The number of amides is 2. The standard InChI is InChI=1S/C26H22F3N5O2/c1-30-24(35)17-7-5-16(6-8-17)21-15-32-33-12-11-18(13-22(21)33)25(36)34(20-3-2-4-20)23-10-9-19(14-31-23)26(27,28)29/h5-15,20H,2-4H2,1H3,(H,30,35). The van der Waals surface area contributed by atoms with Crippen molar-refractivity contribution in [2.24, 2.45) is 0 Å². The molecule has 0 radical (unpaired) electrons. The topological polar surface area (TPSA) is 79.6 Å². The zero-order chi connectivity index (χ0) is 25.4. The van der Waals surface area contributed by atoms with Crippen LogP contribution in [0.1, 0.15) is 45.5 Å². The molecular weight excluding hydrogens is 471 g/mol. The first-order valence-electron chi connectivity index (χ1n) is 11.4. The number of fused-ring (bicyclic) bond motifs is 1. The highest BCUT2D eigenvalue weighted by molar-refractivity contribution is 6.07. The van der Waals surface area contributed by atoms with Gasteiger partial charge in [0, 0.05) is 42.2 Å². The maximum absolute atomic E-state index is 13.6. The number of alkyl halides is 3. The molecule has 0 spiro atoms. The third-order valence-corrected chi connectivity index (χ3v) is 6.43. The van der Waals surface area contributed by atoms with Crippen LogP contribution in [-0.2, 0) is 6.18 Å². The second-order valence-electron chi connectivity index (χ2n) is 8.62. The van der Waals surface area contributed by atoms with Gasteiger partial charge in [0.1, 0.15) is 5.82 Å². The second kappa shape index (κ2) is 9.10. The number of nitrogens with zero attached hydrogens (tertiary/aromatic N) is 4. The normalized spacial score (nSPS) is 13.9. The van der Waals surface area contributed by atoms with Crippen molar-refractivity contribution in [1.82, 2.24) is 19.9 Å². The second-order valence-corrected chi connectivity index (χ2v) is 8.62. The number of carbonyl (C=O) groups excluding carboxylic acids is 2. The first kappa shape index (κ1) is 23.5. The van der Waals surface area contributed by atoms with Gasteiger partial charge in [-0.2, -0.15) is 18.3 Å². The van der Waals surface area contributed by atoms with E-state index in [0.717, 1.165) is 42.7 Å². The van der Waals surface area contributed by atoms with Crippen LogP contribution in [-0.4, -0.2) is 39.5 Å². The average molecular weight is 493 g/mol. The van der Waals surface area contributed by atoms with Gasteiger partial charge >= 0.3 is 6.18 Å². The summed E-state index contributed by atoms with van der Waals surface area (Å²) in [5.74, 6) is -0.338. The molecule has 5 rings (SSSR count). The van der Waals surface area contributed by atoms with Gasteiger partial charge in [-0.3, -0.25) is 14.5 Å². The zero-order valence-electron chi connectivity index (χ0n) is 19.3. The largest absolute Gasteiger partial charge is 0.417 e. The average Bonchev–Trinajstić information content (AvgIpc) is 3.28. The summed E-state index contributed by atoms with van der Waals surface area (Å²) in [4.78, 5) is 30.9. The van der Waals surface area contributed by atoms with Crippen LogP contribution in [0.15, 0.2) is 67.1 Å². The van der Waals surface area contributed by atoms with Crippen molar-refractivity contribution in [1.29, 1.82) is 0 Å². The monoisotopic (exact) mass is 493 g/mol. The lowest BCUT2D eigenvalue weighted by atomic mass is 9.91. The van der Waals surface area contributed by atoms with Gasteiger partial charge in [0.15, 0.2) is 0 Å². The van der Waals surface area contributed by atoms with Crippen LogP contribution in [0.4, 0.5) is 19.0 Å². The van der Waals surface area contributed by atoms with E-state index < -0.39 is 11.7 Å². The Hall–Kier alpha value is -4.21. The van der Waals surface area contributed by atoms with Crippen LogP contribution in [0.2, 0.25) is 0 Å². The number of nitrogens with one attached hydrogen (secondary N) is 1. The zero-order valence-corrected chi connectivity index (χ0v) is 19.3. The first-order chi connectivity index (χ1) is 17.3. The number of hydrogen-bond donors (Lipinski definition) is 1. The molecule has 1 fully saturated rings.